The van der Waals surface area contributed by atoms with Crippen LogP contribution in [0.3, 0.4) is 0 Å². The molecule has 0 saturated carbocycles. The van der Waals surface area contributed by atoms with E-state index in [0.717, 1.165) is 13.0 Å². The van der Waals surface area contributed by atoms with Gasteiger partial charge in [-0.25, -0.2) is 4.39 Å². The van der Waals surface area contributed by atoms with Gasteiger partial charge in [0.05, 0.1) is 20.1 Å². The first-order valence-electron chi connectivity index (χ1n) is 15.1. The number of methoxy groups -OCH3 is 1. The predicted molar refractivity (Wildman–Crippen MR) is 182 cm³/mol. The Kier molecular flexibility index (Phi) is 13.3. The molecule has 8 nitrogen and oxygen atoms in total. The summed E-state index contributed by atoms with van der Waals surface area (Å²) >= 11 is 6.53. The van der Waals surface area contributed by atoms with Gasteiger partial charge in [0.25, 0.3) is 5.91 Å². The molecule has 1 aliphatic heterocycles. The number of hydrogen-bond acceptors (Lipinski definition) is 6. The predicted octanol–water partition coefficient (Wildman–Crippen LogP) is 6.81. The Morgan fingerprint density at radius 3 is 2.50 bits per heavy atom. The summed E-state index contributed by atoms with van der Waals surface area (Å²) in [5.41, 5.74) is 2.01. The number of para-hydroxylation sites is 1. The quantitative estimate of drug-likeness (QED) is 0.213. The van der Waals surface area contributed by atoms with Gasteiger partial charge in [-0.05, 0) is 56.3 Å². The summed E-state index contributed by atoms with van der Waals surface area (Å²) in [7, 11) is 5.58. The van der Waals surface area contributed by atoms with E-state index in [2.05, 4.69) is 10.2 Å². The van der Waals surface area contributed by atoms with Gasteiger partial charge < -0.3 is 29.3 Å². The summed E-state index contributed by atoms with van der Waals surface area (Å²) < 4.78 is 32.8. The second-order valence-electron chi connectivity index (χ2n) is 12.6. The first kappa shape index (κ1) is 37.1. The summed E-state index contributed by atoms with van der Waals surface area (Å²) in [6.45, 7) is 7.81. The zero-order valence-corrected chi connectivity index (χ0v) is 28.8. The van der Waals surface area contributed by atoms with E-state index >= 15 is 0 Å². The number of fused-ring (bicyclic) bond motifs is 1. The maximum atomic E-state index is 14.2. The maximum absolute atomic E-state index is 14.2. The van der Waals surface area contributed by atoms with Gasteiger partial charge in [0, 0.05) is 47.0 Å². The molecule has 0 radical (unpaired) electrons. The van der Waals surface area contributed by atoms with E-state index in [1.54, 1.807) is 42.3 Å². The molecule has 0 saturated heterocycles. The normalized spacial score (nSPS) is 16.4. The minimum absolute atomic E-state index is 0. The van der Waals surface area contributed by atoms with Crippen LogP contribution in [-0.4, -0.2) is 63.7 Å². The molecule has 2 amide bonds. The van der Waals surface area contributed by atoms with E-state index in [-0.39, 0.29) is 36.7 Å². The van der Waals surface area contributed by atoms with Gasteiger partial charge >= 0.3 is 0 Å². The molecule has 3 aromatic carbocycles. The first-order chi connectivity index (χ1) is 21.4. The van der Waals surface area contributed by atoms with Gasteiger partial charge in [-0.1, -0.05) is 62.7 Å². The number of anilines is 1. The van der Waals surface area contributed by atoms with Crippen LogP contribution in [0, 0.1) is 11.2 Å². The lowest BCUT2D eigenvalue weighted by atomic mass is 9.94. The largest absolute Gasteiger partial charge is 0.492 e. The van der Waals surface area contributed by atoms with Crippen molar-refractivity contribution in [3.8, 4) is 11.5 Å². The third-order valence-electron chi connectivity index (χ3n) is 7.34. The van der Waals surface area contributed by atoms with Crippen LogP contribution in [0.2, 0.25) is 5.02 Å². The van der Waals surface area contributed by atoms with Crippen molar-refractivity contribution in [3.63, 3.8) is 0 Å². The van der Waals surface area contributed by atoms with Gasteiger partial charge in [-0.3, -0.25) is 9.59 Å². The molecule has 4 rings (SSSR count). The number of carbonyl (C=O) groups is 2. The van der Waals surface area contributed by atoms with Crippen LogP contribution in [0.4, 0.5) is 10.1 Å². The average molecular weight is 677 g/mol. The highest BCUT2D eigenvalue weighted by atomic mass is 35.5. The van der Waals surface area contributed by atoms with Crippen LogP contribution >= 0.6 is 24.0 Å². The highest BCUT2D eigenvalue weighted by Gasteiger charge is 2.40. The van der Waals surface area contributed by atoms with E-state index in [9.17, 15) is 14.0 Å². The lowest BCUT2D eigenvalue weighted by Crippen LogP contribution is -2.45. The van der Waals surface area contributed by atoms with Crippen molar-refractivity contribution in [2.45, 2.75) is 52.4 Å². The van der Waals surface area contributed by atoms with E-state index < -0.39 is 23.9 Å². The molecule has 250 valence electrons. The molecule has 1 N–H and O–H groups in total. The Labute approximate surface area is 282 Å². The SMILES string of the molecule is COc1c(OCCCN(C)C)cccc1[C@@H]1O[C@@H](CC(=O)NCc2ccccc2F)C(=O)N(CC(C)(C)C)c2ccc(Cl)cc21.Cl. The lowest BCUT2D eigenvalue weighted by molar-refractivity contribution is -0.138. The number of rotatable bonds is 12. The molecule has 0 aromatic heterocycles. The van der Waals surface area contributed by atoms with Crippen LogP contribution in [0.5, 0.6) is 11.5 Å². The third-order valence-corrected chi connectivity index (χ3v) is 7.58. The second-order valence-corrected chi connectivity index (χ2v) is 13.1. The Hall–Kier alpha value is -3.37. The topological polar surface area (TPSA) is 80.3 Å². The van der Waals surface area contributed by atoms with E-state index in [4.69, 9.17) is 25.8 Å². The van der Waals surface area contributed by atoms with Crippen molar-refractivity contribution in [2.75, 3.05) is 45.8 Å². The minimum Gasteiger partial charge on any atom is -0.492 e. The second kappa shape index (κ2) is 16.5. The third kappa shape index (κ3) is 9.58. The van der Waals surface area contributed by atoms with Gasteiger partial charge in [0.2, 0.25) is 5.91 Å². The maximum Gasteiger partial charge on any atom is 0.256 e. The summed E-state index contributed by atoms with van der Waals surface area (Å²) in [5.74, 6) is -0.202. The summed E-state index contributed by atoms with van der Waals surface area (Å²) in [5, 5.41) is 3.22. The zero-order chi connectivity index (χ0) is 32.7. The van der Waals surface area contributed by atoms with E-state index in [1.165, 1.54) is 6.07 Å². The summed E-state index contributed by atoms with van der Waals surface area (Å²) in [6, 6.07) is 17.1. The van der Waals surface area contributed by atoms with Gasteiger partial charge in [-0.2, -0.15) is 0 Å². The summed E-state index contributed by atoms with van der Waals surface area (Å²) in [4.78, 5) is 31.2. The van der Waals surface area contributed by atoms with Crippen LogP contribution < -0.4 is 19.7 Å². The Morgan fingerprint density at radius 1 is 1.09 bits per heavy atom. The fraction of sp³-hybridized carbons (Fsp3) is 0.429. The van der Waals surface area contributed by atoms with Crippen molar-refractivity contribution in [2.24, 2.45) is 5.41 Å². The molecular formula is C35H44Cl2FN3O5. The molecule has 2 atom stereocenters. The Morgan fingerprint density at radius 2 is 1.83 bits per heavy atom. The van der Waals surface area contributed by atoms with Crippen molar-refractivity contribution in [3.05, 3.63) is 88.2 Å². The zero-order valence-electron chi connectivity index (χ0n) is 27.3. The highest BCUT2D eigenvalue weighted by molar-refractivity contribution is 6.30. The number of halogens is 3. The monoisotopic (exact) mass is 675 g/mol. The number of carbonyl (C=O) groups excluding carboxylic acids is 2. The number of amides is 2. The van der Waals surface area contributed by atoms with Crippen molar-refractivity contribution >= 4 is 41.5 Å². The first-order valence-corrected chi connectivity index (χ1v) is 15.5. The molecule has 11 heteroatoms. The van der Waals surface area contributed by atoms with Crippen LogP contribution in [0.15, 0.2) is 60.7 Å². The molecule has 0 bridgehead atoms. The molecule has 0 unspecified atom stereocenters. The van der Waals surface area contributed by atoms with Crippen LogP contribution in [0.25, 0.3) is 0 Å². The van der Waals surface area contributed by atoms with Crippen LogP contribution in [0.1, 0.15) is 56.4 Å². The smallest absolute Gasteiger partial charge is 0.256 e. The number of nitrogens with one attached hydrogen (secondary N) is 1. The lowest BCUT2D eigenvalue weighted by Gasteiger charge is -2.31. The highest BCUT2D eigenvalue weighted by Crippen LogP contribution is 2.45. The molecule has 0 fully saturated rings. The standard InChI is InChI=1S/C35H43ClFN3O5.ClH/c1-35(2,3)22-40-28-16-15-24(36)19-26(28)32(25-12-9-14-29(33(25)43-6)44-18-10-17-39(4)5)45-30(34(40)42)20-31(41)38-21-23-11-7-8-13-27(23)37;/h7-9,11-16,19,30,32H,10,17-18,20-22H2,1-6H3,(H,38,41);1H/t30-,32-;/m0./s1. The number of benzene rings is 3. The molecule has 0 spiro atoms. The van der Waals surface area contributed by atoms with Gasteiger partial charge in [-0.15, -0.1) is 12.4 Å². The van der Waals surface area contributed by atoms with Crippen molar-refractivity contribution in [1.29, 1.82) is 0 Å². The summed E-state index contributed by atoms with van der Waals surface area (Å²) in [6.07, 6.45) is -1.43. The molecule has 0 aliphatic carbocycles. The van der Waals surface area contributed by atoms with Crippen LogP contribution in [-0.2, 0) is 20.9 Å². The minimum atomic E-state index is -1.15. The fourth-order valence-electron chi connectivity index (χ4n) is 5.29. The fourth-order valence-corrected chi connectivity index (χ4v) is 5.47. The Balaban J connectivity index is 0.00000576. The number of hydrogen-bond donors (Lipinski definition) is 1. The van der Waals surface area contributed by atoms with Gasteiger partial charge in [0.1, 0.15) is 18.0 Å². The number of ether oxygens (including phenoxy) is 3. The average Bonchev–Trinajstić information content (AvgIpc) is 3.08. The van der Waals surface area contributed by atoms with Crippen molar-refractivity contribution < 1.29 is 28.2 Å². The molecule has 1 aliphatic rings. The van der Waals surface area contributed by atoms with E-state index in [1.807, 2.05) is 59.1 Å². The molecule has 3 aromatic rings. The molecule has 1 heterocycles. The molecular weight excluding hydrogens is 632 g/mol. The van der Waals surface area contributed by atoms with Crippen molar-refractivity contribution in [1.82, 2.24) is 10.2 Å². The van der Waals surface area contributed by atoms with Gasteiger partial charge in [0.15, 0.2) is 11.5 Å². The number of nitrogens with zero attached hydrogens (tertiary/aromatic N) is 2. The van der Waals surface area contributed by atoms with E-state index in [0.29, 0.717) is 52.1 Å². The molecule has 46 heavy (non-hydrogen) atoms. The Bertz CT molecular complexity index is 1500.